The Kier molecular flexibility index (Phi) is 4.42. The van der Waals surface area contributed by atoms with Gasteiger partial charge in [-0.15, -0.1) is 0 Å². The Bertz CT molecular complexity index is 288. The fraction of sp³-hybridized carbons (Fsp3) is 0.750. The van der Waals surface area contributed by atoms with Crippen LogP contribution in [0.25, 0.3) is 0 Å². The number of carboxylic acids is 1. The van der Waals surface area contributed by atoms with Crippen LogP contribution >= 0.6 is 12.2 Å². The maximum atomic E-state index is 10.6. The lowest BCUT2D eigenvalue weighted by molar-refractivity contribution is -0.182. The van der Waals surface area contributed by atoms with Gasteiger partial charge in [-0.2, -0.15) is 0 Å². The van der Waals surface area contributed by atoms with Crippen molar-refractivity contribution in [3.05, 3.63) is 0 Å². The fourth-order valence-corrected chi connectivity index (χ4v) is 1.56. The third-order valence-corrected chi connectivity index (χ3v) is 2.64. The van der Waals surface area contributed by atoms with E-state index >= 15 is 0 Å². The number of hydrogen-bond donors (Lipinski definition) is 5. The summed E-state index contributed by atoms with van der Waals surface area (Å²) in [5.41, 5.74) is 0. The first-order valence-electron chi connectivity index (χ1n) is 4.66. The molecule has 1 aliphatic rings. The molecule has 1 rings (SSSR count). The second-order valence-electron chi connectivity index (χ2n) is 3.40. The third-order valence-electron chi connectivity index (χ3n) is 2.31. The predicted octanol–water partition coefficient (Wildman–Crippen LogP) is -2.35. The van der Waals surface area contributed by atoms with Crippen LogP contribution in [0.15, 0.2) is 0 Å². The number of rotatable bonds is 2. The van der Waals surface area contributed by atoms with Crippen molar-refractivity contribution in [2.75, 3.05) is 13.7 Å². The molecule has 7 nitrogen and oxygen atoms in total. The Labute approximate surface area is 97.4 Å². The lowest BCUT2D eigenvalue weighted by atomic mass is 9.98. The Morgan fingerprint density at radius 2 is 2.06 bits per heavy atom. The summed E-state index contributed by atoms with van der Waals surface area (Å²) in [5, 5.41) is 33.5. The predicted molar refractivity (Wildman–Crippen MR) is 58.0 cm³/mol. The van der Waals surface area contributed by atoms with E-state index in [0.29, 0.717) is 0 Å². The number of nitrogens with one attached hydrogen (secondary N) is 2. The molecule has 4 atom stereocenters. The van der Waals surface area contributed by atoms with Crippen molar-refractivity contribution in [3.63, 3.8) is 0 Å². The summed E-state index contributed by atoms with van der Waals surface area (Å²) in [5.74, 6) is -1.30. The van der Waals surface area contributed by atoms with Gasteiger partial charge in [0, 0.05) is 7.05 Å². The zero-order valence-electron chi connectivity index (χ0n) is 8.58. The SMILES string of the molecule is CNC(=S)N[C@H]1CO[C@H](C(=O)O)[C@@H](O)[C@@H]1O. The van der Waals surface area contributed by atoms with E-state index in [1.54, 1.807) is 7.05 Å². The molecule has 1 saturated heterocycles. The molecule has 92 valence electrons. The maximum Gasteiger partial charge on any atom is 0.335 e. The second-order valence-corrected chi connectivity index (χ2v) is 3.81. The molecule has 1 heterocycles. The molecule has 0 spiro atoms. The van der Waals surface area contributed by atoms with Crippen molar-refractivity contribution < 1.29 is 24.9 Å². The van der Waals surface area contributed by atoms with Crippen LogP contribution in [-0.4, -0.2) is 64.4 Å². The lowest BCUT2D eigenvalue weighted by Crippen LogP contribution is -2.61. The number of aliphatic hydroxyl groups excluding tert-OH is 2. The minimum Gasteiger partial charge on any atom is -0.479 e. The summed E-state index contributed by atoms with van der Waals surface area (Å²) in [6.07, 6.45) is -4.14. The highest BCUT2D eigenvalue weighted by molar-refractivity contribution is 7.80. The van der Waals surface area contributed by atoms with Crippen LogP contribution < -0.4 is 10.6 Å². The Balaban J connectivity index is 2.61. The van der Waals surface area contributed by atoms with Crippen LogP contribution in [0.5, 0.6) is 0 Å². The number of aliphatic hydroxyl groups is 2. The molecule has 0 radical (unpaired) electrons. The molecular weight excluding hydrogens is 236 g/mol. The first-order chi connectivity index (χ1) is 7.47. The molecule has 0 amide bonds. The quantitative estimate of drug-likeness (QED) is 0.347. The normalized spacial score (nSPS) is 34.2. The van der Waals surface area contributed by atoms with E-state index in [1.807, 2.05) is 0 Å². The average Bonchev–Trinajstić information content (AvgIpc) is 2.24. The average molecular weight is 250 g/mol. The molecule has 0 aliphatic carbocycles. The summed E-state index contributed by atoms with van der Waals surface area (Å²) in [7, 11) is 1.60. The van der Waals surface area contributed by atoms with Crippen molar-refractivity contribution in [1.82, 2.24) is 10.6 Å². The van der Waals surface area contributed by atoms with Gasteiger partial charge in [0.15, 0.2) is 11.2 Å². The Morgan fingerprint density at radius 1 is 1.44 bits per heavy atom. The van der Waals surface area contributed by atoms with Gasteiger partial charge in [0.2, 0.25) is 0 Å². The molecule has 16 heavy (non-hydrogen) atoms. The Hall–Kier alpha value is -0.960. The van der Waals surface area contributed by atoms with Crippen LogP contribution in [0.3, 0.4) is 0 Å². The Morgan fingerprint density at radius 3 is 2.56 bits per heavy atom. The van der Waals surface area contributed by atoms with Crippen LogP contribution in [0, 0.1) is 0 Å². The van der Waals surface area contributed by atoms with Gasteiger partial charge < -0.3 is 30.7 Å². The van der Waals surface area contributed by atoms with Crippen molar-refractivity contribution in [1.29, 1.82) is 0 Å². The summed E-state index contributed by atoms with van der Waals surface area (Å²) < 4.78 is 4.92. The smallest absolute Gasteiger partial charge is 0.335 e. The van der Waals surface area contributed by atoms with E-state index in [9.17, 15) is 15.0 Å². The largest absolute Gasteiger partial charge is 0.479 e. The van der Waals surface area contributed by atoms with Gasteiger partial charge in [-0.25, -0.2) is 4.79 Å². The molecule has 0 unspecified atom stereocenters. The van der Waals surface area contributed by atoms with Crippen LogP contribution in [0.2, 0.25) is 0 Å². The zero-order chi connectivity index (χ0) is 12.3. The second kappa shape index (κ2) is 5.39. The number of hydrogen-bond acceptors (Lipinski definition) is 5. The van der Waals surface area contributed by atoms with E-state index in [2.05, 4.69) is 10.6 Å². The number of carboxylic acid groups (broad SMARTS) is 1. The van der Waals surface area contributed by atoms with Gasteiger partial charge in [0.05, 0.1) is 12.6 Å². The van der Waals surface area contributed by atoms with E-state index in [0.717, 1.165) is 0 Å². The van der Waals surface area contributed by atoms with Crippen LogP contribution in [-0.2, 0) is 9.53 Å². The summed E-state index contributed by atoms with van der Waals surface area (Å²) in [6.45, 7) is -0.0446. The molecule has 0 aromatic carbocycles. The van der Waals surface area contributed by atoms with Gasteiger partial charge in [0.1, 0.15) is 12.2 Å². The zero-order valence-corrected chi connectivity index (χ0v) is 9.40. The molecular formula is C8H14N2O5S. The van der Waals surface area contributed by atoms with Crippen LogP contribution in [0.1, 0.15) is 0 Å². The highest BCUT2D eigenvalue weighted by atomic mass is 32.1. The van der Waals surface area contributed by atoms with E-state index in [-0.39, 0.29) is 11.7 Å². The van der Waals surface area contributed by atoms with Gasteiger partial charge in [0.25, 0.3) is 0 Å². The van der Waals surface area contributed by atoms with Gasteiger partial charge in [-0.1, -0.05) is 0 Å². The van der Waals surface area contributed by atoms with E-state index < -0.39 is 30.3 Å². The summed E-state index contributed by atoms with van der Waals surface area (Å²) in [4.78, 5) is 10.6. The standard InChI is InChI=1S/C8H14N2O5S/c1-9-8(16)10-3-2-15-6(7(13)14)5(12)4(3)11/h3-6,11-12H,2H2,1H3,(H,13,14)(H2,9,10,16)/t3-,4+,5-,6-/m0/s1. The van der Waals surface area contributed by atoms with Gasteiger partial charge >= 0.3 is 5.97 Å². The van der Waals surface area contributed by atoms with Crippen LogP contribution in [0.4, 0.5) is 0 Å². The molecule has 1 fully saturated rings. The maximum absolute atomic E-state index is 10.6. The molecule has 8 heteroatoms. The monoisotopic (exact) mass is 250 g/mol. The number of aliphatic carboxylic acids is 1. The van der Waals surface area contributed by atoms with Crippen molar-refractivity contribution in [3.8, 4) is 0 Å². The highest BCUT2D eigenvalue weighted by Crippen LogP contribution is 2.15. The minimum atomic E-state index is -1.48. The molecule has 1 aliphatic heterocycles. The first kappa shape index (κ1) is 13.1. The summed E-state index contributed by atoms with van der Waals surface area (Å²) in [6, 6.07) is -0.634. The number of carbonyl (C=O) groups is 1. The fourth-order valence-electron chi connectivity index (χ4n) is 1.41. The van der Waals surface area contributed by atoms with Crippen molar-refractivity contribution in [2.45, 2.75) is 24.4 Å². The first-order valence-corrected chi connectivity index (χ1v) is 5.07. The van der Waals surface area contributed by atoms with E-state index in [1.165, 1.54) is 0 Å². The number of ether oxygens (including phenoxy) is 1. The summed E-state index contributed by atoms with van der Waals surface area (Å²) >= 11 is 4.82. The van der Waals surface area contributed by atoms with Gasteiger partial charge in [-0.05, 0) is 12.2 Å². The molecule has 0 bridgehead atoms. The number of thiocarbonyl (C=S) groups is 1. The highest BCUT2D eigenvalue weighted by Gasteiger charge is 2.42. The third kappa shape index (κ3) is 2.79. The van der Waals surface area contributed by atoms with Crippen molar-refractivity contribution >= 4 is 23.3 Å². The molecule has 0 aromatic heterocycles. The molecule has 5 N–H and O–H groups in total. The molecule has 0 aromatic rings. The van der Waals surface area contributed by atoms with Crippen molar-refractivity contribution in [2.24, 2.45) is 0 Å². The van der Waals surface area contributed by atoms with E-state index in [4.69, 9.17) is 22.1 Å². The molecule has 0 saturated carbocycles. The minimum absolute atomic E-state index is 0.0446. The lowest BCUT2D eigenvalue weighted by Gasteiger charge is -2.36. The van der Waals surface area contributed by atoms with Gasteiger partial charge in [-0.3, -0.25) is 0 Å². The topological polar surface area (TPSA) is 111 Å².